The van der Waals surface area contributed by atoms with Crippen LogP contribution in [-0.2, 0) is 0 Å². The predicted octanol–water partition coefficient (Wildman–Crippen LogP) is 4.54. The van der Waals surface area contributed by atoms with Crippen LogP contribution in [0.3, 0.4) is 0 Å². The number of benzene rings is 1. The van der Waals surface area contributed by atoms with Crippen LogP contribution in [0.25, 0.3) is 38.8 Å². The van der Waals surface area contributed by atoms with E-state index in [0.29, 0.717) is 5.70 Å². The van der Waals surface area contributed by atoms with Crippen molar-refractivity contribution in [3.05, 3.63) is 78.8 Å². The molecule has 1 aromatic carbocycles. The van der Waals surface area contributed by atoms with Crippen molar-refractivity contribution in [1.82, 2.24) is 20.2 Å². The van der Waals surface area contributed by atoms with Crippen LogP contribution in [0.2, 0.25) is 0 Å². The van der Waals surface area contributed by atoms with Crippen LogP contribution >= 0.6 is 0 Å². The van der Waals surface area contributed by atoms with Crippen molar-refractivity contribution < 1.29 is 0 Å². The topological polar surface area (TPSA) is 83.4 Å². The van der Waals surface area contributed by atoms with Gasteiger partial charge < -0.3 is 10.7 Å². The quantitative estimate of drug-likeness (QED) is 0.477. The molecule has 0 bridgehead atoms. The molecule has 3 aromatic heterocycles. The van der Waals surface area contributed by atoms with Gasteiger partial charge in [-0.3, -0.25) is 10.1 Å². The molecule has 128 valence electrons. The Morgan fingerprint density at radius 2 is 2.04 bits per heavy atom. The Labute approximate surface area is 151 Å². The first-order valence-corrected chi connectivity index (χ1v) is 8.38. The lowest BCUT2D eigenvalue weighted by molar-refractivity contribution is 1.11. The molecule has 0 unspecified atom stereocenters. The lowest BCUT2D eigenvalue weighted by Crippen LogP contribution is -1.94. The van der Waals surface area contributed by atoms with Gasteiger partial charge in [-0.05, 0) is 42.8 Å². The van der Waals surface area contributed by atoms with E-state index in [1.807, 2.05) is 37.3 Å². The van der Waals surface area contributed by atoms with Crippen molar-refractivity contribution in [3.8, 4) is 11.4 Å². The van der Waals surface area contributed by atoms with E-state index in [1.54, 1.807) is 12.3 Å². The summed E-state index contributed by atoms with van der Waals surface area (Å²) in [5.41, 5.74) is 12.1. The number of allylic oxidation sites excluding steroid dienone is 4. The summed E-state index contributed by atoms with van der Waals surface area (Å²) in [6, 6.07) is 12.3. The number of fused-ring (bicyclic) bond motifs is 2. The molecule has 5 heteroatoms. The van der Waals surface area contributed by atoms with Crippen molar-refractivity contribution in [2.45, 2.75) is 6.92 Å². The summed E-state index contributed by atoms with van der Waals surface area (Å²) in [7, 11) is 0. The highest BCUT2D eigenvalue weighted by atomic mass is 15.1. The monoisotopic (exact) mass is 341 g/mol. The Bertz CT molecular complexity index is 1140. The lowest BCUT2D eigenvalue weighted by atomic mass is 10.1. The van der Waals surface area contributed by atoms with Gasteiger partial charge in [-0.2, -0.15) is 5.10 Å². The summed E-state index contributed by atoms with van der Waals surface area (Å²) in [6.45, 7) is 5.66. The van der Waals surface area contributed by atoms with E-state index in [4.69, 9.17) is 5.73 Å². The fourth-order valence-electron chi connectivity index (χ4n) is 3.02. The van der Waals surface area contributed by atoms with E-state index >= 15 is 0 Å². The van der Waals surface area contributed by atoms with Gasteiger partial charge in [0.25, 0.3) is 0 Å². The Morgan fingerprint density at radius 3 is 2.81 bits per heavy atom. The van der Waals surface area contributed by atoms with Gasteiger partial charge in [0.15, 0.2) is 0 Å². The zero-order chi connectivity index (χ0) is 18.1. The average Bonchev–Trinajstić information content (AvgIpc) is 3.28. The van der Waals surface area contributed by atoms with Gasteiger partial charge >= 0.3 is 0 Å². The number of nitrogens with zero attached hydrogens (tertiary/aromatic N) is 2. The highest BCUT2D eigenvalue weighted by molar-refractivity contribution is 5.96. The molecule has 5 nitrogen and oxygen atoms in total. The number of rotatable bonds is 4. The van der Waals surface area contributed by atoms with E-state index in [1.165, 1.54) is 0 Å². The van der Waals surface area contributed by atoms with Crippen LogP contribution in [0.4, 0.5) is 0 Å². The van der Waals surface area contributed by atoms with Gasteiger partial charge in [-0.15, -0.1) is 0 Å². The smallest absolute Gasteiger partial charge is 0.116 e. The van der Waals surface area contributed by atoms with Gasteiger partial charge in [-0.1, -0.05) is 30.9 Å². The Hall–Kier alpha value is -3.60. The molecule has 0 radical (unpaired) electrons. The molecule has 4 rings (SSSR count). The van der Waals surface area contributed by atoms with Crippen molar-refractivity contribution >= 4 is 27.4 Å². The maximum Gasteiger partial charge on any atom is 0.116 e. The second kappa shape index (κ2) is 6.37. The minimum absolute atomic E-state index is 0.600. The van der Waals surface area contributed by atoms with E-state index in [9.17, 15) is 0 Å². The van der Waals surface area contributed by atoms with Crippen LogP contribution in [0.1, 0.15) is 12.6 Å². The van der Waals surface area contributed by atoms with Crippen molar-refractivity contribution in [3.63, 3.8) is 0 Å². The van der Waals surface area contributed by atoms with E-state index < -0.39 is 0 Å². The molecular weight excluding hydrogens is 322 g/mol. The highest BCUT2D eigenvalue weighted by Crippen LogP contribution is 2.30. The summed E-state index contributed by atoms with van der Waals surface area (Å²) in [4.78, 5) is 7.96. The van der Waals surface area contributed by atoms with E-state index in [2.05, 4.69) is 44.9 Å². The molecule has 0 amide bonds. The maximum atomic E-state index is 5.89. The SMILES string of the molecule is C=C/C(N)=C\C(=C/C)c1cc2c(-c3cc4ccccc4[nH]3)n[nH]c2cn1. The predicted molar refractivity (Wildman–Crippen MR) is 107 cm³/mol. The summed E-state index contributed by atoms with van der Waals surface area (Å²) < 4.78 is 0. The normalized spacial score (nSPS) is 12.8. The number of nitrogens with one attached hydrogen (secondary N) is 2. The standard InChI is InChI=1S/C21H19N5/c1-3-13(9-15(22)4-2)18-11-16-20(12-23-18)25-26-21(16)19-10-14-7-5-6-8-17(14)24-19/h3-12,24H,2,22H2,1H3,(H,25,26)/b13-3+,15-9+. The minimum atomic E-state index is 0.600. The summed E-state index contributed by atoms with van der Waals surface area (Å²) in [5, 5.41) is 9.71. The Morgan fingerprint density at radius 1 is 1.19 bits per heavy atom. The summed E-state index contributed by atoms with van der Waals surface area (Å²) in [5.74, 6) is 0. The molecule has 0 saturated carbocycles. The molecule has 0 aliphatic rings. The van der Waals surface area contributed by atoms with Crippen LogP contribution in [0, 0.1) is 0 Å². The fourth-order valence-corrected chi connectivity index (χ4v) is 3.02. The number of hydrogen-bond acceptors (Lipinski definition) is 3. The van der Waals surface area contributed by atoms with Crippen molar-refractivity contribution in [2.75, 3.05) is 0 Å². The zero-order valence-corrected chi connectivity index (χ0v) is 14.5. The molecule has 0 saturated heterocycles. The first-order chi connectivity index (χ1) is 12.7. The third kappa shape index (κ3) is 2.69. The largest absolute Gasteiger partial charge is 0.399 e. The molecule has 4 aromatic rings. The average molecular weight is 341 g/mol. The summed E-state index contributed by atoms with van der Waals surface area (Å²) in [6.07, 6.45) is 7.26. The number of pyridine rings is 1. The number of aromatic amines is 2. The molecule has 0 atom stereocenters. The van der Waals surface area contributed by atoms with E-state index in [0.717, 1.165) is 44.5 Å². The molecule has 0 aliphatic carbocycles. The molecule has 0 spiro atoms. The zero-order valence-electron chi connectivity index (χ0n) is 14.5. The maximum absolute atomic E-state index is 5.89. The number of nitrogens with two attached hydrogens (primary N) is 1. The van der Waals surface area contributed by atoms with Gasteiger partial charge in [0.05, 0.1) is 23.1 Å². The molecule has 0 fully saturated rings. The molecular formula is C21H19N5. The second-order valence-corrected chi connectivity index (χ2v) is 6.05. The number of H-pyrrole nitrogens is 2. The molecule has 26 heavy (non-hydrogen) atoms. The Kier molecular flexibility index (Phi) is 3.89. The number of para-hydroxylation sites is 1. The lowest BCUT2D eigenvalue weighted by Gasteiger charge is -2.03. The van der Waals surface area contributed by atoms with Crippen molar-refractivity contribution in [2.24, 2.45) is 5.73 Å². The number of aromatic nitrogens is 4. The van der Waals surface area contributed by atoms with Gasteiger partial charge in [-0.25, -0.2) is 0 Å². The third-order valence-corrected chi connectivity index (χ3v) is 4.40. The van der Waals surface area contributed by atoms with Crippen LogP contribution in [0.15, 0.2) is 73.1 Å². The fraction of sp³-hybridized carbons (Fsp3) is 0.0476. The van der Waals surface area contributed by atoms with Crippen LogP contribution in [0.5, 0.6) is 0 Å². The molecule has 3 heterocycles. The van der Waals surface area contributed by atoms with Crippen molar-refractivity contribution in [1.29, 1.82) is 0 Å². The highest BCUT2D eigenvalue weighted by Gasteiger charge is 2.13. The first kappa shape index (κ1) is 15.9. The minimum Gasteiger partial charge on any atom is -0.399 e. The van der Waals surface area contributed by atoms with Gasteiger partial charge in [0.1, 0.15) is 5.69 Å². The second-order valence-electron chi connectivity index (χ2n) is 6.05. The van der Waals surface area contributed by atoms with Gasteiger partial charge in [0, 0.05) is 22.0 Å². The first-order valence-electron chi connectivity index (χ1n) is 8.38. The van der Waals surface area contributed by atoms with E-state index in [-0.39, 0.29) is 0 Å². The molecule has 4 N–H and O–H groups in total. The van der Waals surface area contributed by atoms with Crippen LogP contribution in [-0.4, -0.2) is 20.2 Å². The third-order valence-electron chi connectivity index (χ3n) is 4.40. The Balaban J connectivity index is 1.86. The van der Waals surface area contributed by atoms with Crippen LogP contribution < -0.4 is 5.73 Å². The number of hydrogen-bond donors (Lipinski definition) is 3. The summed E-state index contributed by atoms with van der Waals surface area (Å²) >= 11 is 0. The molecule has 0 aliphatic heterocycles. The van der Waals surface area contributed by atoms with Gasteiger partial charge in [0.2, 0.25) is 0 Å².